The summed E-state index contributed by atoms with van der Waals surface area (Å²) in [6.45, 7) is 2.41. The van der Waals surface area contributed by atoms with E-state index in [0.717, 1.165) is 5.56 Å². The summed E-state index contributed by atoms with van der Waals surface area (Å²) in [6.07, 6.45) is -5.11. The number of nitrogens with one attached hydrogen (secondary N) is 2. The van der Waals surface area contributed by atoms with Gasteiger partial charge in [0, 0.05) is 18.7 Å². The zero-order chi connectivity index (χ0) is 17.3. The van der Waals surface area contributed by atoms with Crippen molar-refractivity contribution in [3.63, 3.8) is 0 Å². The summed E-state index contributed by atoms with van der Waals surface area (Å²) >= 11 is 0. The van der Waals surface area contributed by atoms with Gasteiger partial charge in [0.05, 0.1) is 27.2 Å². The van der Waals surface area contributed by atoms with E-state index in [1.165, 1.54) is 14.2 Å². The fourth-order valence-corrected chi connectivity index (χ4v) is 1.91. The Hall–Kier alpha value is -2.12. The molecule has 0 bridgehead atoms. The molecule has 0 aliphatic rings. The molecule has 0 radical (unpaired) electrons. The summed E-state index contributed by atoms with van der Waals surface area (Å²) in [4.78, 5) is 4.28. The van der Waals surface area contributed by atoms with Crippen LogP contribution in [0.15, 0.2) is 23.2 Å². The number of para-hydroxylation sites is 1. The number of nitrogens with zero attached hydrogens (tertiary/aromatic N) is 1. The lowest BCUT2D eigenvalue weighted by molar-refractivity contribution is -0.132. The summed E-state index contributed by atoms with van der Waals surface area (Å²) in [5.74, 6) is 1.46. The van der Waals surface area contributed by atoms with Gasteiger partial charge in [-0.2, -0.15) is 13.2 Å². The van der Waals surface area contributed by atoms with Gasteiger partial charge < -0.3 is 20.1 Å². The maximum atomic E-state index is 12.2. The Morgan fingerprint density at radius 3 is 2.48 bits per heavy atom. The molecule has 0 heterocycles. The van der Waals surface area contributed by atoms with Crippen molar-refractivity contribution in [3.05, 3.63) is 23.8 Å². The van der Waals surface area contributed by atoms with Gasteiger partial charge in [-0.05, 0) is 13.0 Å². The van der Waals surface area contributed by atoms with Crippen LogP contribution in [0, 0.1) is 0 Å². The van der Waals surface area contributed by atoms with Crippen LogP contribution >= 0.6 is 0 Å². The van der Waals surface area contributed by atoms with Crippen molar-refractivity contribution in [1.29, 1.82) is 0 Å². The summed E-state index contributed by atoms with van der Waals surface area (Å²) in [5, 5.41) is 5.57. The Morgan fingerprint density at radius 2 is 1.91 bits per heavy atom. The van der Waals surface area contributed by atoms with Crippen LogP contribution in [-0.4, -0.2) is 39.4 Å². The minimum absolute atomic E-state index is 0.232. The predicted molar refractivity (Wildman–Crippen MR) is 83.0 cm³/mol. The molecule has 5 nitrogen and oxygen atoms in total. The van der Waals surface area contributed by atoms with E-state index in [2.05, 4.69) is 15.6 Å². The SMILES string of the molecule is CCNC(=NCc1cccc(OC)c1OC)NCCC(F)(F)F. The van der Waals surface area contributed by atoms with E-state index >= 15 is 0 Å². The third-order valence-electron chi connectivity index (χ3n) is 2.94. The summed E-state index contributed by atoms with van der Waals surface area (Å²) in [7, 11) is 3.06. The van der Waals surface area contributed by atoms with E-state index < -0.39 is 12.6 Å². The molecule has 0 fully saturated rings. The summed E-state index contributed by atoms with van der Waals surface area (Å²) < 4.78 is 47.1. The fraction of sp³-hybridized carbons (Fsp3) is 0.533. The number of ether oxygens (including phenoxy) is 2. The first kappa shape index (κ1) is 18.9. The fourth-order valence-electron chi connectivity index (χ4n) is 1.91. The van der Waals surface area contributed by atoms with Crippen molar-refractivity contribution in [1.82, 2.24) is 10.6 Å². The van der Waals surface area contributed by atoms with Gasteiger partial charge in [0.15, 0.2) is 17.5 Å². The Kier molecular flexibility index (Phi) is 7.50. The highest BCUT2D eigenvalue weighted by Gasteiger charge is 2.26. The van der Waals surface area contributed by atoms with Crippen LogP contribution in [0.2, 0.25) is 0 Å². The van der Waals surface area contributed by atoms with Crippen LogP contribution in [-0.2, 0) is 6.54 Å². The maximum absolute atomic E-state index is 12.2. The molecule has 0 aliphatic heterocycles. The Morgan fingerprint density at radius 1 is 1.17 bits per heavy atom. The molecular formula is C15H22F3N3O2. The second-order valence-electron chi connectivity index (χ2n) is 4.64. The molecule has 2 N–H and O–H groups in total. The monoisotopic (exact) mass is 333 g/mol. The quantitative estimate of drug-likeness (QED) is 0.595. The molecule has 1 aromatic carbocycles. The van der Waals surface area contributed by atoms with Gasteiger partial charge in [-0.15, -0.1) is 0 Å². The second kappa shape index (κ2) is 9.12. The second-order valence-corrected chi connectivity index (χ2v) is 4.64. The number of benzene rings is 1. The summed E-state index contributed by atoms with van der Waals surface area (Å²) in [5.41, 5.74) is 0.778. The molecule has 0 saturated carbocycles. The molecule has 0 aliphatic carbocycles. The topological polar surface area (TPSA) is 54.9 Å². The average Bonchev–Trinajstić information content (AvgIpc) is 2.50. The van der Waals surface area contributed by atoms with Crippen LogP contribution in [0.3, 0.4) is 0 Å². The lowest BCUT2D eigenvalue weighted by atomic mass is 10.2. The lowest BCUT2D eigenvalue weighted by Gasteiger charge is -2.14. The van der Waals surface area contributed by atoms with Gasteiger partial charge in [-0.25, -0.2) is 4.99 Å². The number of hydrogen-bond donors (Lipinski definition) is 2. The van der Waals surface area contributed by atoms with Crippen LogP contribution < -0.4 is 20.1 Å². The third kappa shape index (κ3) is 6.66. The molecule has 1 aromatic rings. The van der Waals surface area contributed by atoms with E-state index in [1.807, 2.05) is 13.0 Å². The molecule has 0 amide bonds. The normalized spacial score (nSPS) is 12.0. The third-order valence-corrected chi connectivity index (χ3v) is 2.94. The highest BCUT2D eigenvalue weighted by molar-refractivity contribution is 5.79. The standard InChI is InChI=1S/C15H22F3N3O2/c1-4-19-14(20-9-8-15(16,17)18)21-10-11-6-5-7-12(22-2)13(11)23-3/h5-7H,4,8-10H2,1-3H3,(H2,19,20,21). The number of halogens is 3. The highest BCUT2D eigenvalue weighted by atomic mass is 19.4. The number of methoxy groups -OCH3 is 2. The molecule has 8 heteroatoms. The number of alkyl halides is 3. The Bertz CT molecular complexity index is 519. The first-order valence-corrected chi connectivity index (χ1v) is 7.20. The van der Waals surface area contributed by atoms with E-state index in [-0.39, 0.29) is 13.1 Å². The van der Waals surface area contributed by atoms with E-state index in [0.29, 0.717) is 24.0 Å². The first-order valence-electron chi connectivity index (χ1n) is 7.20. The minimum Gasteiger partial charge on any atom is -0.493 e. The van der Waals surface area contributed by atoms with Crippen LogP contribution in [0.4, 0.5) is 13.2 Å². The zero-order valence-electron chi connectivity index (χ0n) is 13.5. The highest BCUT2D eigenvalue weighted by Crippen LogP contribution is 2.31. The lowest BCUT2D eigenvalue weighted by Crippen LogP contribution is -2.38. The zero-order valence-corrected chi connectivity index (χ0v) is 13.5. The van der Waals surface area contributed by atoms with E-state index in [4.69, 9.17) is 9.47 Å². The molecule has 1 rings (SSSR count). The number of aliphatic imine (C=N–C) groups is 1. The van der Waals surface area contributed by atoms with Crippen molar-refractivity contribution in [3.8, 4) is 11.5 Å². The van der Waals surface area contributed by atoms with Gasteiger partial charge in [0.2, 0.25) is 0 Å². The van der Waals surface area contributed by atoms with Crippen molar-refractivity contribution in [2.24, 2.45) is 4.99 Å². The minimum atomic E-state index is -4.19. The molecule has 0 saturated heterocycles. The van der Waals surface area contributed by atoms with Crippen LogP contribution in [0.5, 0.6) is 11.5 Å². The van der Waals surface area contributed by atoms with E-state index in [1.54, 1.807) is 12.1 Å². The molecule has 130 valence electrons. The van der Waals surface area contributed by atoms with Gasteiger partial charge in [0.1, 0.15) is 0 Å². The largest absolute Gasteiger partial charge is 0.493 e. The molecular weight excluding hydrogens is 311 g/mol. The average molecular weight is 333 g/mol. The number of hydrogen-bond acceptors (Lipinski definition) is 3. The number of rotatable bonds is 7. The van der Waals surface area contributed by atoms with Gasteiger partial charge in [0.25, 0.3) is 0 Å². The van der Waals surface area contributed by atoms with Crippen LogP contribution in [0.1, 0.15) is 18.9 Å². The molecule has 23 heavy (non-hydrogen) atoms. The van der Waals surface area contributed by atoms with Crippen LogP contribution in [0.25, 0.3) is 0 Å². The number of guanidine groups is 1. The van der Waals surface area contributed by atoms with Crippen molar-refractivity contribution in [2.75, 3.05) is 27.3 Å². The molecule has 0 aromatic heterocycles. The Balaban J connectivity index is 2.77. The van der Waals surface area contributed by atoms with Gasteiger partial charge >= 0.3 is 6.18 Å². The molecule has 0 atom stereocenters. The van der Waals surface area contributed by atoms with Gasteiger partial charge in [-0.3, -0.25) is 0 Å². The maximum Gasteiger partial charge on any atom is 0.390 e. The molecule has 0 unspecified atom stereocenters. The van der Waals surface area contributed by atoms with Crippen molar-refractivity contribution < 1.29 is 22.6 Å². The Labute approximate surface area is 133 Å². The molecule has 0 spiro atoms. The predicted octanol–water partition coefficient (Wildman–Crippen LogP) is 2.71. The summed E-state index contributed by atoms with van der Waals surface area (Å²) in [6, 6.07) is 5.39. The van der Waals surface area contributed by atoms with E-state index in [9.17, 15) is 13.2 Å². The van der Waals surface area contributed by atoms with Gasteiger partial charge in [-0.1, -0.05) is 12.1 Å². The van der Waals surface area contributed by atoms with Crippen molar-refractivity contribution >= 4 is 5.96 Å². The smallest absolute Gasteiger partial charge is 0.390 e. The van der Waals surface area contributed by atoms with Crippen molar-refractivity contribution in [2.45, 2.75) is 26.1 Å². The first-order chi connectivity index (χ1) is 10.9.